The molecule has 2 aliphatic heterocycles. The lowest BCUT2D eigenvalue weighted by atomic mass is 10.2. The van der Waals surface area contributed by atoms with Gasteiger partial charge < -0.3 is 10.2 Å². The SMILES string of the molecule is Cl.O=S(=O)(Nc1cc(N2CCCNCC2)ccc1NS(=O)(=O)c1cccc2c1NON2)c1ccccc1. The summed E-state index contributed by atoms with van der Waals surface area (Å²) in [5.74, 6) is 0. The van der Waals surface area contributed by atoms with E-state index in [1.165, 1.54) is 18.2 Å². The van der Waals surface area contributed by atoms with Gasteiger partial charge in [-0.05, 0) is 55.4 Å². The third-order valence-electron chi connectivity index (χ3n) is 5.88. The molecule has 0 radical (unpaired) electrons. The van der Waals surface area contributed by atoms with Gasteiger partial charge in [0.1, 0.15) is 10.6 Å². The number of rotatable bonds is 7. The molecule has 0 spiro atoms. The summed E-state index contributed by atoms with van der Waals surface area (Å²) in [5, 5.41) is 3.34. The Hall–Kier alpha value is -3.23. The number of nitrogens with one attached hydrogen (secondary N) is 5. The van der Waals surface area contributed by atoms with Crippen molar-refractivity contribution >= 4 is 60.9 Å². The molecule has 11 nitrogen and oxygen atoms in total. The minimum Gasteiger partial charge on any atom is -0.370 e. The van der Waals surface area contributed by atoms with E-state index < -0.39 is 20.0 Å². The summed E-state index contributed by atoms with van der Waals surface area (Å²) in [6.45, 7) is 3.22. The monoisotopic (exact) mass is 566 g/mol. The molecule has 0 amide bonds. The predicted molar refractivity (Wildman–Crippen MR) is 146 cm³/mol. The first-order valence-electron chi connectivity index (χ1n) is 11.3. The van der Waals surface area contributed by atoms with Crippen LogP contribution in [0.2, 0.25) is 0 Å². The lowest BCUT2D eigenvalue weighted by Crippen LogP contribution is -2.28. The van der Waals surface area contributed by atoms with Crippen molar-refractivity contribution < 1.29 is 21.8 Å². The Morgan fingerprint density at radius 3 is 2.38 bits per heavy atom. The maximum absolute atomic E-state index is 13.4. The summed E-state index contributed by atoms with van der Waals surface area (Å²) < 4.78 is 58.1. The number of nitrogens with zero attached hydrogens (tertiary/aromatic N) is 1. The number of benzene rings is 3. The third kappa shape index (κ3) is 5.86. The summed E-state index contributed by atoms with van der Waals surface area (Å²) in [6, 6.07) is 17.6. The van der Waals surface area contributed by atoms with Gasteiger partial charge >= 0.3 is 0 Å². The fourth-order valence-electron chi connectivity index (χ4n) is 4.09. The van der Waals surface area contributed by atoms with Crippen molar-refractivity contribution in [1.29, 1.82) is 0 Å². The highest BCUT2D eigenvalue weighted by Crippen LogP contribution is 2.36. The molecule has 0 bridgehead atoms. The van der Waals surface area contributed by atoms with Crippen LogP contribution in [0.25, 0.3) is 0 Å². The maximum Gasteiger partial charge on any atom is 0.264 e. The molecule has 37 heavy (non-hydrogen) atoms. The van der Waals surface area contributed by atoms with Crippen molar-refractivity contribution in [3.05, 3.63) is 66.7 Å². The van der Waals surface area contributed by atoms with Crippen LogP contribution in [0.4, 0.5) is 28.4 Å². The average molecular weight is 567 g/mol. The van der Waals surface area contributed by atoms with E-state index in [-0.39, 0.29) is 39.3 Å². The topological polar surface area (TPSA) is 141 Å². The zero-order valence-corrected chi connectivity index (χ0v) is 22.0. The van der Waals surface area contributed by atoms with Crippen LogP contribution in [-0.4, -0.2) is 43.0 Å². The van der Waals surface area contributed by atoms with Gasteiger partial charge in [0.25, 0.3) is 20.0 Å². The Labute approximate surface area is 222 Å². The minimum atomic E-state index is -4.12. The Balaban J connectivity index is 0.00000320. The standard InChI is InChI=1S/C23H26N6O5S2.ClH/c30-35(31,18-6-2-1-3-7-18)28-21-16-17(29-14-5-12-24-13-15-29)10-11-19(21)27-36(32,33)22-9-4-8-20-23(22)26-34-25-20;/h1-4,6-11,16,24-28H,5,12-15H2;1H. The Morgan fingerprint density at radius 2 is 1.57 bits per heavy atom. The van der Waals surface area contributed by atoms with Crippen LogP contribution < -0.4 is 30.6 Å². The summed E-state index contributed by atoms with van der Waals surface area (Å²) >= 11 is 0. The molecule has 2 aliphatic rings. The van der Waals surface area contributed by atoms with Crippen LogP contribution in [0.1, 0.15) is 6.42 Å². The highest BCUT2D eigenvalue weighted by molar-refractivity contribution is 7.93. The number of para-hydroxylation sites is 1. The average Bonchev–Trinajstić information content (AvgIpc) is 3.19. The molecule has 0 atom stereocenters. The van der Waals surface area contributed by atoms with Crippen molar-refractivity contribution in [3.8, 4) is 0 Å². The Kier molecular flexibility index (Phi) is 7.99. The first-order valence-corrected chi connectivity index (χ1v) is 14.3. The fraction of sp³-hybridized carbons (Fsp3) is 0.217. The van der Waals surface area contributed by atoms with Crippen molar-refractivity contribution in [2.24, 2.45) is 0 Å². The van der Waals surface area contributed by atoms with Crippen LogP contribution in [0.5, 0.6) is 0 Å². The van der Waals surface area contributed by atoms with E-state index in [4.69, 9.17) is 4.94 Å². The number of halogens is 1. The molecule has 198 valence electrons. The van der Waals surface area contributed by atoms with E-state index in [0.29, 0.717) is 5.69 Å². The van der Waals surface area contributed by atoms with Crippen LogP contribution in [0, 0.1) is 0 Å². The van der Waals surface area contributed by atoms with Gasteiger partial charge in [0.15, 0.2) is 0 Å². The molecular weight excluding hydrogens is 540 g/mol. The second-order valence-electron chi connectivity index (χ2n) is 8.33. The number of fused-ring (bicyclic) bond motifs is 1. The van der Waals surface area contributed by atoms with Crippen molar-refractivity contribution in [1.82, 2.24) is 5.32 Å². The van der Waals surface area contributed by atoms with Gasteiger partial charge in [0, 0.05) is 25.3 Å². The third-order valence-corrected chi connectivity index (χ3v) is 8.67. The second kappa shape index (κ2) is 11.0. The maximum atomic E-state index is 13.4. The van der Waals surface area contributed by atoms with Gasteiger partial charge in [0.2, 0.25) is 0 Å². The van der Waals surface area contributed by atoms with Crippen molar-refractivity contribution in [2.75, 3.05) is 51.5 Å². The highest BCUT2D eigenvalue weighted by atomic mass is 35.5. The van der Waals surface area contributed by atoms with Crippen molar-refractivity contribution in [3.63, 3.8) is 0 Å². The molecule has 14 heteroatoms. The molecule has 5 rings (SSSR count). The van der Waals surface area contributed by atoms with Gasteiger partial charge in [-0.3, -0.25) is 9.44 Å². The summed E-state index contributed by atoms with van der Waals surface area (Å²) in [5.41, 5.74) is 6.83. The largest absolute Gasteiger partial charge is 0.370 e. The summed E-state index contributed by atoms with van der Waals surface area (Å²) in [4.78, 5) is 7.09. The molecule has 0 aliphatic carbocycles. The normalized spacial score (nSPS) is 15.4. The molecule has 2 heterocycles. The highest BCUT2D eigenvalue weighted by Gasteiger charge is 2.26. The lowest BCUT2D eigenvalue weighted by Gasteiger charge is -2.24. The molecule has 1 saturated heterocycles. The molecule has 0 saturated carbocycles. The summed E-state index contributed by atoms with van der Waals surface area (Å²) in [7, 11) is -8.09. The molecule has 0 aromatic heterocycles. The molecule has 3 aromatic carbocycles. The van der Waals surface area contributed by atoms with E-state index in [1.54, 1.807) is 48.5 Å². The number of anilines is 5. The Morgan fingerprint density at radius 1 is 0.784 bits per heavy atom. The number of hydrogen-bond donors (Lipinski definition) is 5. The van der Waals surface area contributed by atoms with Gasteiger partial charge in [0.05, 0.1) is 22.0 Å². The van der Waals surface area contributed by atoms with Crippen LogP contribution in [0.15, 0.2) is 76.5 Å². The van der Waals surface area contributed by atoms with Crippen LogP contribution >= 0.6 is 12.4 Å². The van der Waals surface area contributed by atoms with E-state index in [2.05, 4.69) is 30.6 Å². The van der Waals surface area contributed by atoms with Gasteiger partial charge in [-0.1, -0.05) is 24.3 Å². The zero-order chi connectivity index (χ0) is 25.2. The quantitative estimate of drug-likeness (QED) is 0.291. The van der Waals surface area contributed by atoms with Crippen LogP contribution in [0.3, 0.4) is 0 Å². The number of hydrogen-bond acceptors (Lipinski definition) is 9. The minimum absolute atomic E-state index is 0. The molecular formula is C23H27ClN6O5S2. The zero-order valence-electron chi connectivity index (χ0n) is 19.6. The van der Waals surface area contributed by atoms with E-state index >= 15 is 0 Å². The van der Waals surface area contributed by atoms with E-state index in [1.807, 2.05) is 0 Å². The van der Waals surface area contributed by atoms with Crippen LogP contribution in [-0.2, 0) is 25.0 Å². The molecule has 5 N–H and O–H groups in total. The smallest absolute Gasteiger partial charge is 0.264 e. The fourth-order valence-corrected chi connectivity index (χ4v) is 6.43. The van der Waals surface area contributed by atoms with Gasteiger partial charge in [-0.15, -0.1) is 12.4 Å². The molecule has 0 unspecified atom stereocenters. The van der Waals surface area contributed by atoms with Crippen molar-refractivity contribution in [2.45, 2.75) is 16.2 Å². The summed E-state index contributed by atoms with van der Waals surface area (Å²) in [6.07, 6.45) is 0.932. The van der Waals surface area contributed by atoms with E-state index in [0.717, 1.165) is 38.3 Å². The second-order valence-corrected chi connectivity index (χ2v) is 11.7. The predicted octanol–water partition coefficient (Wildman–Crippen LogP) is 3.19. The molecule has 1 fully saturated rings. The molecule has 3 aromatic rings. The van der Waals surface area contributed by atoms with Gasteiger partial charge in [-0.2, -0.15) is 4.94 Å². The van der Waals surface area contributed by atoms with Gasteiger partial charge in [-0.25, -0.2) is 27.8 Å². The lowest BCUT2D eigenvalue weighted by molar-refractivity contribution is 0.281. The van der Waals surface area contributed by atoms with E-state index in [9.17, 15) is 16.8 Å². The Bertz CT molecular complexity index is 1460. The first-order chi connectivity index (χ1) is 17.3. The number of sulfonamides is 2. The first kappa shape index (κ1) is 26.8.